The lowest BCUT2D eigenvalue weighted by atomic mass is 9.89. The lowest BCUT2D eigenvalue weighted by molar-refractivity contribution is -0.153. The van der Waals surface area contributed by atoms with Crippen molar-refractivity contribution in [3.05, 3.63) is 28.7 Å². The minimum absolute atomic E-state index is 0.115. The third-order valence-electron chi connectivity index (χ3n) is 3.81. The van der Waals surface area contributed by atoms with Crippen LogP contribution >= 0.6 is 15.9 Å². The maximum atomic E-state index is 11.8. The smallest absolute Gasteiger partial charge is 0.309 e. The van der Waals surface area contributed by atoms with Gasteiger partial charge in [0.05, 0.1) is 5.92 Å². The summed E-state index contributed by atoms with van der Waals surface area (Å²) in [6.07, 6.45) is 4.79. The fourth-order valence-corrected chi connectivity index (χ4v) is 2.75. The number of carbonyl (C=O) groups is 3. The molecule has 136 valence electrons. The molecule has 1 aromatic rings. The number of halogens is 1. The second-order valence-electron chi connectivity index (χ2n) is 5.78. The largest absolute Gasteiger partial charge is 0.484 e. The molecule has 2 amide bonds. The van der Waals surface area contributed by atoms with Crippen LogP contribution in [0.3, 0.4) is 0 Å². The van der Waals surface area contributed by atoms with Crippen LogP contribution in [-0.4, -0.2) is 31.0 Å². The van der Waals surface area contributed by atoms with Crippen LogP contribution in [0.1, 0.15) is 32.1 Å². The lowest BCUT2D eigenvalue weighted by Gasteiger charge is -2.19. The van der Waals surface area contributed by atoms with E-state index in [1.807, 2.05) is 0 Å². The van der Waals surface area contributed by atoms with E-state index in [1.54, 1.807) is 24.3 Å². The van der Waals surface area contributed by atoms with Gasteiger partial charge in [-0.05, 0) is 37.1 Å². The number of hydrazine groups is 1. The van der Waals surface area contributed by atoms with Crippen LogP contribution in [0, 0.1) is 5.92 Å². The Bertz CT molecular complexity index is 600. The van der Waals surface area contributed by atoms with Crippen LogP contribution in [0.5, 0.6) is 5.75 Å². The molecule has 0 saturated heterocycles. The van der Waals surface area contributed by atoms with Crippen molar-refractivity contribution in [2.45, 2.75) is 32.1 Å². The molecule has 0 bridgehead atoms. The fraction of sp³-hybridized carbons (Fsp3) is 0.471. The molecule has 0 aromatic heterocycles. The fourth-order valence-electron chi connectivity index (χ4n) is 2.48. The zero-order valence-corrected chi connectivity index (χ0v) is 15.3. The lowest BCUT2D eigenvalue weighted by Crippen LogP contribution is -2.45. The number of carbonyl (C=O) groups excluding carboxylic acids is 3. The Balaban J connectivity index is 1.59. The van der Waals surface area contributed by atoms with Crippen LogP contribution in [0.25, 0.3) is 0 Å². The van der Waals surface area contributed by atoms with Gasteiger partial charge in [-0.15, -0.1) is 0 Å². The van der Waals surface area contributed by atoms with Crippen molar-refractivity contribution in [3.63, 3.8) is 0 Å². The molecular weight excluding hydrogens is 392 g/mol. The maximum Gasteiger partial charge on any atom is 0.309 e. The zero-order chi connectivity index (χ0) is 18.1. The number of hydrogen-bond acceptors (Lipinski definition) is 5. The molecule has 1 fully saturated rings. The molecule has 0 heterocycles. The van der Waals surface area contributed by atoms with Crippen LogP contribution < -0.4 is 15.6 Å². The summed E-state index contributed by atoms with van der Waals surface area (Å²) in [6, 6.07) is 6.99. The maximum absolute atomic E-state index is 11.8. The summed E-state index contributed by atoms with van der Waals surface area (Å²) in [6.45, 7) is -0.660. The number of benzene rings is 1. The van der Waals surface area contributed by atoms with Gasteiger partial charge in [0, 0.05) is 4.47 Å². The van der Waals surface area contributed by atoms with Gasteiger partial charge in [0.2, 0.25) is 0 Å². The van der Waals surface area contributed by atoms with Crippen molar-refractivity contribution in [3.8, 4) is 5.75 Å². The van der Waals surface area contributed by atoms with Gasteiger partial charge in [0.1, 0.15) is 5.75 Å². The van der Waals surface area contributed by atoms with Crippen LogP contribution in [0.2, 0.25) is 0 Å². The highest BCUT2D eigenvalue weighted by atomic mass is 79.9. The monoisotopic (exact) mass is 412 g/mol. The Kier molecular flexibility index (Phi) is 7.72. The first-order valence-electron chi connectivity index (χ1n) is 8.17. The van der Waals surface area contributed by atoms with Crippen molar-refractivity contribution in [2.75, 3.05) is 13.2 Å². The van der Waals surface area contributed by atoms with Crippen LogP contribution in [0.4, 0.5) is 0 Å². The number of esters is 1. The van der Waals surface area contributed by atoms with Crippen molar-refractivity contribution in [1.82, 2.24) is 10.9 Å². The Morgan fingerprint density at radius 3 is 2.20 bits per heavy atom. The summed E-state index contributed by atoms with van der Waals surface area (Å²) >= 11 is 3.30. The van der Waals surface area contributed by atoms with Crippen molar-refractivity contribution in [1.29, 1.82) is 0 Å². The van der Waals surface area contributed by atoms with Gasteiger partial charge in [0.15, 0.2) is 13.2 Å². The molecule has 0 atom stereocenters. The highest BCUT2D eigenvalue weighted by Gasteiger charge is 2.23. The third kappa shape index (κ3) is 7.13. The summed E-state index contributed by atoms with van der Waals surface area (Å²) in [7, 11) is 0. The van der Waals surface area contributed by atoms with E-state index in [-0.39, 0.29) is 18.5 Å². The van der Waals surface area contributed by atoms with Crippen molar-refractivity contribution in [2.24, 2.45) is 5.92 Å². The summed E-state index contributed by atoms with van der Waals surface area (Å²) in [4.78, 5) is 35.0. The molecule has 25 heavy (non-hydrogen) atoms. The number of amides is 2. The molecule has 8 heteroatoms. The van der Waals surface area contributed by atoms with Crippen LogP contribution in [-0.2, 0) is 19.1 Å². The Morgan fingerprint density at radius 2 is 1.56 bits per heavy atom. The van der Waals surface area contributed by atoms with E-state index in [2.05, 4.69) is 26.8 Å². The molecule has 0 aliphatic heterocycles. The molecular formula is C17H21BrN2O5. The highest BCUT2D eigenvalue weighted by molar-refractivity contribution is 9.10. The minimum atomic E-state index is -0.596. The molecule has 1 aliphatic carbocycles. The molecule has 2 N–H and O–H groups in total. The van der Waals surface area contributed by atoms with E-state index in [1.165, 1.54) is 0 Å². The molecule has 0 spiro atoms. The van der Waals surface area contributed by atoms with Gasteiger partial charge in [-0.1, -0.05) is 35.2 Å². The van der Waals surface area contributed by atoms with E-state index in [9.17, 15) is 14.4 Å². The second kappa shape index (κ2) is 10.0. The van der Waals surface area contributed by atoms with Gasteiger partial charge in [-0.3, -0.25) is 25.2 Å². The second-order valence-corrected chi connectivity index (χ2v) is 6.70. The molecule has 1 saturated carbocycles. The van der Waals surface area contributed by atoms with Gasteiger partial charge in [-0.25, -0.2) is 0 Å². The van der Waals surface area contributed by atoms with Gasteiger partial charge in [-0.2, -0.15) is 0 Å². The predicted octanol–water partition coefficient (Wildman–Crippen LogP) is 2.10. The number of rotatable bonds is 6. The van der Waals surface area contributed by atoms with E-state index in [0.29, 0.717) is 5.75 Å². The van der Waals surface area contributed by atoms with Gasteiger partial charge < -0.3 is 9.47 Å². The first kappa shape index (κ1) is 19.2. The van der Waals surface area contributed by atoms with Crippen LogP contribution in [0.15, 0.2) is 28.7 Å². The summed E-state index contributed by atoms with van der Waals surface area (Å²) in [5.74, 6) is -1.04. The molecule has 2 rings (SSSR count). The SMILES string of the molecule is O=C(COC(=O)C1CCCCC1)NNC(=O)COc1ccc(Br)cc1. The molecule has 0 radical (unpaired) electrons. The highest BCUT2D eigenvalue weighted by Crippen LogP contribution is 2.24. The summed E-state index contributed by atoms with van der Waals surface area (Å²) in [5, 5.41) is 0. The quantitative estimate of drug-likeness (QED) is 0.551. The molecule has 7 nitrogen and oxygen atoms in total. The minimum Gasteiger partial charge on any atom is -0.484 e. The number of ether oxygens (including phenoxy) is 2. The molecule has 0 unspecified atom stereocenters. The number of nitrogens with one attached hydrogen (secondary N) is 2. The Labute approximate surface area is 154 Å². The standard InChI is InChI=1S/C17H21BrN2O5/c18-13-6-8-14(9-7-13)24-10-15(21)19-20-16(22)11-25-17(23)12-4-2-1-3-5-12/h6-9,12H,1-5,10-11H2,(H,19,21)(H,20,22). The first-order valence-corrected chi connectivity index (χ1v) is 8.96. The van der Waals surface area contributed by atoms with Gasteiger partial charge in [0.25, 0.3) is 11.8 Å². The van der Waals surface area contributed by atoms with E-state index in [4.69, 9.17) is 9.47 Å². The number of hydrogen-bond donors (Lipinski definition) is 2. The summed E-state index contributed by atoms with van der Waals surface area (Å²) in [5.41, 5.74) is 4.39. The van der Waals surface area contributed by atoms with E-state index in [0.717, 1.165) is 36.6 Å². The Morgan fingerprint density at radius 1 is 0.960 bits per heavy atom. The zero-order valence-electron chi connectivity index (χ0n) is 13.8. The average Bonchev–Trinajstić information content (AvgIpc) is 2.64. The molecule has 1 aliphatic rings. The van der Waals surface area contributed by atoms with E-state index >= 15 is 0 Å². The molecule has 1 aromatic carbocycles. The predicted molar refractivity (Wildman–Crippen MR) is 93.5 cm³/mol. The van der Waals surface area contributed by atoms with E-state index < -0.39 is 18.4 Å². The average molecular weight is 413 g/mol. The van der Waals surface area contributed by atoms with Crippen molar-refractivity contribution >= 4 is 33.7 Å². The topological polar surface area (TPSA) is 93.7 Å². The first-order chi connectivity index (χ1) is 12.0. The van der Waals surface area contributed by atoms with Crippen molar-refractivity contribution < 1.29 is 23.9 Å². The Hall–Kier alpha value is -2.09. The third-order valence-corrected chi connectivity index (χ3v) is 4.34. The summed E-state index contributed by atoms with van der Waals surface area (Å²) < 4.78 is 11.1. The normalized spacial score (nSPS) is 14.4. The van der Waals surface area contributed by atoms with Gasteiger partial charge >= 0.3 is 5.97 Å².